The quantitative estimate of drug-likeness (QED) is 0.686. The van der Waals surface area contributed by atoms with Gasteiger partial charge in [0.15, 0.2) is 0 Å². The van der Waals surface area contributed by atoms with E-state index in [4.69, 9.17) is 4.74 Å². The van der Waals surface area contributed by atoms with Gasteiger partial charge in [-0.3, -0.25) is 0 Å². The Labute approximate surface area is 72.6 Å². The van der Waals surface area contributed by atoms with Gasteiger partial charge in [-0.15, -0.1) is 0 Å². The van der Waals surface area contributed by atoms with Crippen molar-refractivity contribution in [2.75, 3.05) is 20.8 Å². The van der Waals surface area contributed by atoms with E-state index in [0.29, 0.717) is 0 Å². The molecule has 0 aliphatic carbocycles. The summed E-state index contributed by atoms with van der Waals surface area (Å²) in [6.45, 7) is 2.42. The van der Waals surface area contributed by atoms with E-state index in [-0.39, 0.29) is 0 Å². The molecule has 0 aromatic carbocycles. The van der Waals surface area contributed by atoms with Crippen molar-refractivity contribution in [2.45, 2.75) is 13.1 Å². The lowest BCUT2D eigenvalue weighted by molar-refractivity contribution is 0.187. The molecule has 12 heavy (non-hydrogen) atoms. The molecular formula is C8H15N3O. The van der Waals surface area contributed by atoms with Crippen LogP contribution in [0.5, 0.6) is 0 Å². The Balaban J connectivity index is 2.41. The Morgan fingerprint density at radius 2 is 2.50 bits per heavy atom. The third-order valence-electron chi connectivity index (χ3n) is 1.60. The van der Waals surface area contributed by atoms with Gasteiger partial charge in [0.1, 0.15) is 0 Å². The predicted molar refractivity (Wildman–Crippen MR) is 46.9 cm³/mol. The molecule has 1 aromatic rings. The summed E-state index contributed by atoms with van der Waals surface area (Å²) < 4.78 is 6.97. The van der Waals surface area contributed by atoms with E-state index >= 15 is 0 Å². The molecule has 0 spiro atoms. The molecule has 0 saturated carbocycles. The maximum absolute atomic E-state index is 4.95. The molecule has 0 aliphatic rings. The molecule has 68 valence electrons. The lowest BCUT2D eigenvalue weighted by atomic mass is 10.5. The fourth-order valence-corrected chi connectivity index (χ4v) is 0.998. The minimum absolute atomic E-state index is 0.732. The van der Waals surface area contributed by atoms with E-state index in [1.807, 2.05) is 24.1 Å². The van der Waals surface area contributed by atoms with Crippen LogP contribution in [0.15, 0.2) is 12.5 Å². The zero-order valence-corrected chi connectivity index (χ0v) is 7.58. The van der Waals surface area contributed by atoms with Crippen molar-refractivity contribution in [1.29, 1.82) is 0 Å². The Bertz CT molecular complexity index is 222. The first-order chi connectivity index (χ1) is 5.86. The van der Waals surface area contributed by atoms with Crippen LogP contribution in [0.4, 0.5) is 0 Å². The number of nitrogens with zero attached hydrogens (tertiary/aromatic N) is 2. The van der Waals surface area contributed by atoms with Crippen molar-refractivity contribution in [3.8, 4) is 0 Å². The average Bonchev–Trinajstić information content (AvgIpc) is 2.50. The topological polar surface area (TPSA) is 39.1 Å². The molecule has 1 rings (SSSR count). The first kappa shape index (κ1) is 9.22. The minimum Gasteiger partial charge on any atom is -0.383 e. The summed E-state index contributed by atoms with van der Waals surface area (Å²) in [5.41, 5.74) is 1.06. The van der Waals surface area contributed by atoms with Crippen molar-refractivity contribution in [1.82, 2.24) is 14.9 Å². The summed E-state index contributed by atoms with van der Waals surface area (Å²) in [7, 11) is 3.61. The molecule has 1 N–H and O–H groups in total. The molecule has 0 atom stereocenters. The van der Waals surface area contributed by atoms with Crippen LogP contribution in [0.2, 0.25) is 0 Å². The van der Waals surface area contributed by atoms with Crippen LogP contribution >= 0.6 is 0 Å². The molecule has 0 fully saturated rings. The second-order valence-corrected chi connectivity index (χ2v) is 2.63. The number of ether oxygens (including phenoxy) is 1. The second-order valence-electron chi connectivity index (χ2n) is 2.63. The van der Waals surface area contributed by atoms with Gasteiger partial charge in [0.25, 0.3) is 0 Å². The number of methoxy groups -OCH3 is 1. The molecule has 1 heterocycles. The molecule has 0 aliphatic heterocycles. The Morgan fingerprint density at radius 3 is 3.17 bits per heavy atom. The molecule has 4 nitrogen and oxygen atoms in total. The normalized spacial score (nSPS) is 10.5. The average molecular weight is 169 g/mol. The summed E-state index contributed by atoms with van der Waals surface area (Å²) in [6.07, 6.45) is 3.85. The zero-order valence-electron chi connectivity index (χ0n) is 7.58. The number of rotatable bonds is 5. The summed E-state index contributed by atoms with van der Waals surface area (Å²) in [6, 6.07) is 0. The maximum Gasteiger partial charge on any atom is 0.0950 e. The highest BCUT2D eigenvalue weighted by atomic mass is 16.5. The van der Waals surface area contributed by atoms with Crippen LogP contribution < -0.4 is 5.32 Å². The summed E-state index contributed by atoms with van der Waals surface area (Å²) >= 11 is 0. The maximum atomic E-state index is 4.95. The number of nitrogens with one attached hydrogen (secondary N) is 1. The van der Waals surface area contributed by atoms with Crippen molar-refractivity contribution < 1.29 is 4.74 Å². The van der Waals surface area contributed by atoms with Crippen molar-refractivity contribution in [2.24, 2.45) is 0 Å². The number of aromatic nitrogens is 2. The SMILES string of the molecule is CNCc1cn(CCOC)cn1. The van der Waals surface area contributed by atoms with Gasteiger partial charge in [-0.25, -0.2) is 4.98 Å². The minimum atomic E-state index is 0.732. The largest absolute Gasteiger partial charge is 0.383 e. The smallest absolute Gasteiger partial charge is 0.0950 e. The highest BCUT2D eigenvalue weighted by Crippen LogP contribution is 1.94. The van der Waals surface area contributed by atoms with E-state index in [0.717, 1.165) is 25.4 Å². The molecule has 0 bridgehead atoms. The van der Waals surface area contributed by atoms with Gasteiger partial charge in [0.2, 0.25) is 0 Å². The Hall–Kier alpha value is -0.870. The predicted octanol–water partition coefficient (Wildman–Crippen LogP) is 0.249. The first-order valence-electron chi connectivity index (χ1n) is 4.01. The standard InChI is InChI=1S/C8H15N3O/c1-9-5-8-6-11(7-10-8)3-4-12-2/h6-7,9H,3-5H2,1-2H3. The number of imidazole rings is 1. The zero-order chi connectivity index (χ0) is 8.81. The van der Waals surface area contributed by atoms with Crippen LogP contribution in [0, 0.1) is 0 Å². The van der Waals surface area contributed by atoms with Gasteiger partial charge in [0, 0.05) is 26.4 Å². The van der Waals surface area contributed by atoms with E-state index in [1.54, 1.807) is 7.11 Å². The van der Waals surface area contributed by atoms with Gasteiger partial charge < -0.3 is 14.6 Å². The molecule has 0 saturated heterocycles. The van der Waals surface area contributed by atoms with Crippen molar-refractivity contribution >= 4 is 0 Å². The van der Waals surface area contributed by atoms with Gasteiger partial charge >= 0.3 is 0 Å². The lowest BCUT2D eigenvalue weighted by Crippen LogP contribution is -2.05. The number of hydrogen-bond donors (Lipinski definition) is 1. The molecular weight excluding hydrogens is 154 g/mol. The molecule has 4 heteroatoms. The fraction of sp³-hybridized carbons (Fsp3) is 0.625. The Kier molecular flexibility index (Phi) is 3.76. The van der Waals surface area contributed by atoms with Crippen LogP contribution in [0.1, 0.15) is 5.69 Å². The summed E-state index contributed by atoms with van der Waals surface area (Å²) in [4.78, 5) is 4.20. The molecule has 1 aromatic heterocycles. The van der Waals surface area contributed by atoms with Crippen molar-refractivity contribution in [3.05, 3.63) is 18.2 Å². The summed E-state index contributed by atoms with van der Waals surface area (Å²) in [5.74, 6) is 0. The second kappa shape index (κ2) is 4.90. The van der Waals surface area contributed by atoms with Gasteiger partial charge in [-0.05, 0) is 7.05 Å². The monoisotopic (exact) mass is 169 g/mol. The molecule has 0 unspecified atom stereocenters. The van der Waals surface area contributed by atoms with E-state index < -0.39 is 0 Å². The van der Waals surface area contributed by atoms with E-state index in [1.165, 1.54) is 0 Å². The van der Waals surface area contributed by atoms with Crippen LogP contribution in [0.3, 0.4) is 0 Å². The van der Waals surface area contributed by atoms with E-state index in [9.17, 15) is 0 Å². The van der Waals surface area contributed by atoms with Crippen LogP contribution in [-0.4, -0.2) is 30.3 Å². The van der Waals surface area contributed by atoms with Gasteiger partial charge in [-0.1, -0.05) is 0 Å². The lowest BCUT2D eigenvalue weighted by Gasteiger charge is -1.98. The fourth-order valence-electron chi connectivity index (χ4n) is 0.998. The first-order valence-corrected chi connectivity index (χ1v) is 4.01. The molecule has 0 amide bonds. The third-order valence-corrected chi connectivity index (χ3v) is 1.60. The van der Waals surface area contributed by atoms with Gasteiger partial charge in [-0.2, -0.15) is 0 Å². The number of hydrogen-bond acceptors (Lipinski definition) is 3. The highest BCUT2D eigenvalue weighted by Gasteiger charge is 1.95. The van der Waals surface area contributed by atoms with Crippen LogP contribution in [0.25, 0.3) is 0 Å². The summed E-state index contributed by atoms with van der Waals surface area (Å²) in [5, 5.41) is 3.05. The highest BCUT2D eigenvalue weighted by molar-refractivity contribution is 4.95. The van der Waals surface area contributed by atoms with Crippen molar-refractivity contribution in [3.63, 3.8) is 0 Å². The van der Waals surface area contributed by atoms with Crippen LogP contribution in [-0.2, 0) is 17.8 Å². The third kappa shape index (κ3) is 2.64. The molecule has 0 radical (unpaired) electrons. The Morgan fingerprint density at radius 1 is 1.67 bits per heavy atom. The van der Waals surface area contributed by atoms with E-state index in [2.05, 4.69) is 10.3 Å². The van der Waals surface area contributed by atoms with Gasteiger partial charge in [0.05, 0.1) is 18.6 Å².